The predicted molar refractivity (Wildman–Crippen MR) is 139 cm³/mol. The summed E-state index contributed by atoms with van der Waals surface area (Å²) < 4.78 is 11.2. The molecule has 8 heteroatoms. The number of hydrogen-bond donors (Lipinski definition) is 1. The SMILES string of the molecule is CCCCCC[C@H](C)Oc1cc(N)c(-c2ccc(C(=O)Oc3ccc(C=O)cc3)cc2)cc1[N+](=O)[O-]. The van der Waals surface area contributed by atoms with Crippen LogP contribution in [0.15, 0.2) is 60.7 Å². The average Bonchev–Trinajstić information content (AvgIpc) is 2.87. The first-order valence-electron chi connectivity index (χ1n) is 11.9. The van der Waals surface area contributed by atoms with Crippen molar-refractivity contribution < 1.29 is 24.0 Å². The smallest absolute Gasteiger partial charge is 0.343 e. The zero-order chi connectivity index (χ0) is 26.1. The Hall–Kier alpha value is -4.20. The zero-order valence-corrected chi connectivity index (χ0v) is 20.4. The Kier molecular flexibility index (Phi) is 9.16. The molecule has 0 unspecified atom stereocenters. The summed E-state index contributed by atoms with van der Waals surface area (Å²) in [6.07, 6.45) is 5.71. The van der Waals surface area contributed by atoms with E-state index in [4.69, 9.17) is 15.2 Å². The Balaban J connectivity index is 1.75. The molecule has 8 nitrogen and oxygen atoms in total. The van der Waals surface area contributed by atoms with Crippen LogP contribution in [0.25, 0.3) is 11.1 Å². The number of hydrogen-bond acceptors (Lipinski definition) is 7. The fraction of sp³-hybridized carbons (Fsp3) is 0.286. The second kappa shape index (κ2) is 12.5. The van der Waals surface area contributed by atoms with Crippen molar-refractivity contribution >= 4 is 23.6 Å². The number of aldehydes is 1. The van der Waals surface area contributed by atoms with Crippen molar-refractivity contribution in [3.63, 3.8) is 0 Å². The van der Waals surface area contributed by atoms with Gasteiger partial charge in [-0.25, -0.2) is 4.79 Å². The van der Waals surface area contributed by atoms with E-state index in [2.05, 4.69) is 6.92 Å². The number of carbonyl (C=O) groups is 2. The van der Waals surface area contributed by atoms with E-state index in [1.54, 1.807) is 36.4 Å². The Morgan fingerprint density at radius 1 is 1.06 bits per heavy atom. The molecule has 0 aromatic heterocycles. The van der Waals surface area contributed by atoms with Crippen LogP contribution in [0.4, 0.5) is 11.4 Å². The quantitative estimate of drug-likeness (QED) is 0.0576. The summed E-state index contributed by atoms with van der Waals surface area (Å²) in [6, 6.07) is 15.5. The Morgan fingerprint density at radius 3 is 2.36 bits per heavy atom. The molecule has 3 rings (SSSR count). The molecule has 0 saturated heterocycles. The number of unbranched alkanes of at least 4 members (excludes halogenated alkanes) is 3. The molecule has 36 heavy (non-hydrogen) atoms. The van der Waals surface area contributed by atoms with Crippen LogP contribution in [0.2, 0.25) is 0 Å². The first-order chi connectivity index (χ1) is 17.3. The van der Waals surface area contributed by atoms with Gasteiger partial charge in [0.15, 0.2) is 5.75 Å². The molecule has 0 spiro atoms. The second-order valence-corrected chi connectivity index (χ2v) is 8.60. The molecular formula is C28H30N2O6. The highest BCUT2D eigenvalue weighted by Crippen LogP contribution is 2.38. The molecule has 188 valence electrons. The van der Waals surface area contributed by atoms with Crippen LogP contribution in [-0.4, -0.2) is 23.3 Å². The van der Waals surface area contributed by atoms with Crippen molar-refractivity contribution in [3.8, 4) is 22.6 Å². The van der Waals surface area contributed by atoms with Gasteiger partial charge in [0.2, 0.25) is 0 Å². The molecule has 2 N–H and O–H groups in total. The maximum absolute atomic E-state index is 12.5. The molecule has 0 heterocycles. The van der Waals surface area contributed by atoms with Gasteiger partial charge in [-0.15, -0.1) is 0 Å². The number of esters is 1. The van der Waals surface area contributed by atoms with Crippen LogP contribution in [-0.2, 0) is 0 Å². The summed E-state index contributed by atoms with van der Waals surface area (Å²) >= 11 is 0. The van der Waals surface area contributed by atoms with E-state index < -0.39 is 10.9 Å². The highest BCUT2D eigenvalue weighted by Gasteiger charge is 2.21. The first-order valence-corrected chi connectivity index (χ1v) is 11.9. The van der Waals surface area contributed by atoms with E-state index in [1.165, 1.54) is 24.3 Å². The van der Waals surface area contributed by atoms with E-state index in [1.807, 2.05) is 6.92 Å². The van der Waals surface area contributed by atoms with Crippen LogP contribution < -0.4 is 15.2 Å². The number of nitrogens with zero attached hydrogens (tertiary/aromatic N) is 1. The monoisotopic (exact) mass is 490 g/mol. The van der Waals surface area contributed by atoms with Crippen molar-refractivity contribution in [3.05, 3.63) is 81.9 Å². The largest absolute Gasteiger partial charge is 0.484 e. The second-order valence-electron chi connectivity index (χ2n) is 8.60. The number of nitro groups is 1. The van der Waals surface area contributed by atoms with Crippen LogP contribution >= 0.6 is 0 Å². The maximum atomic E-state index is 12.5. The molecule has 0 radical (unpaired) electrons. The highest BCUT2D eigenvalue weighted by atomic mass is 16.6. The van der Waals surface area contributed by atoms with Crippen molar-refractivity contribution in [2.24, 2.45) is 0 Å². The van der Waals surface area contributed by atoms with Gasteiger partial charge in [0.05, 0.1) is 16.6 Å². The lowest BCUT2D eigenvalue weighted by atomic mass is 10.0. The molecule has 0 saturated carbocycles. The minimum atomic E-state index is -0.573. The number of nitrogens with two attached hydrogens (primary N) is 1. The number of nitrogen functional groups attached to an aromatic ring is 1. The van der Waals surface area contributed by atoms with E-state index in [-0.39, 0.29) is 17.5 Å². The van der Waals surface area contributed by atoms with Gasteiger partial charge in [0.1, 0.15) is 12.0 Å². The molecule has 0 fully saturated rings. The number of benzene rings is 3. The molecular weight excluding hydrogens is 460 g/mol. The third-order valence-corrected chi connectivity index (χ3v) is 5.78. The van der Waals surface area contributed by atoms with Gasteiger partial charge in [-0.05, 0) is 61.7 Å². The van der Waals surface area contributed by atoms with Crippen molar-refractivity contribution in [2.75, 3.05) is 5.73 Å². The van der Waals surface area contributed by atoms with E-state index in [0.29, 0.717) is 40.0 Å². The van der Waals surface area contributed by atoms with Gasteiger partial charge < -0.3 is 15.2 Å². The fourth-order valence-electron chi connectivity index (χ4n) is 3.77. The van der Waals surface area contributed by atoms with Gasteiger partial charge in [0, 0.05) is 28.9 Å². The molecule has 0 amide bonds. The summed E-state index contributed by atoms with van der Waals surface area (Å²) in [6.45, 7) is 4.04. The molecule has 0 aliphatic heterocycles. The van der Waals surface area contributed by atoms with Gasteiger partial charge in [-0.2, -0.15) is 0 Å². The molecule has 0 aliphatic carbocycles. The van der Waals surface area contributed by atoms with Crippen LogP contribution in [0.1, 0.15) is 66.7 Å². The van der Waals surface area contributed by atoms with Crippen LogP contribution in [0.5, 0.6) is 11.5 Å². The van der Waals surface area contributed by atoms with E-state index in [0.717, 1.165) is 32.1 Å². The van der Waals surface area contributed by atoms with Gasteiger partial charge in [-0.1, -0.05) is 38.3 Å². The van der Waals surface area contributed by atoms with E-state index in [9.17, 15) is 19.7 Å². The van der Waals surface area contributed by atoms with Crippen molar-refractivity contribution in [1.29, 1.82) is 0 Å². The maximum Gasteiger partial charge on any atom is 0.343 e. The predicted octanol–water partition coefficient (Wildman–Crippen LogP) is 6.61. The molecule has 0 bridgehead atoms. The van der Waals surface area contributed by atoms with Crippen molar-refractivity contribution in [2.45, 2.75) is 52.1 Å². The summed E-state index contributed by atoms with van der Waals surface area (Å²) in [7, 11) is 0. The average molecular weight is 491 g/mol. The number of rotatable bonds is 12. The molecule has 3 aromatic rings. The first kappa shape index (κ1) is 26.4. The van der Waals surface area contributed by atoms with Gasteiger partial charge >= 0.3 is 11.7 Å². The third-order valence-electron chi connectivity index (χ3n) is 5.78. The lowest BCUT2D eigenvalue weighted by molar-refractivity contribution is -0.386. The number of ether oxygens (including phenoxy) is 2. The van der Waals surface area contributed by atoms with Crippen LogP contribution in [0.3, 0.4) is 0 Å². The standard InChI is InChI=1S/C28H30N2O6/c1-3-4-5-6-7-19(2)35-27-17-25(29)24(16-26(27)30(33)34)21-10-12-22(13-11-21)28(32)36-23-14-8-20(18-31)9-15-23/h8-19H,3-7,29H2,1-2H3/t19-/m0/s1. The molecule has 0 aliphatic rings. The fourth-order valence-corrected chi connectivity index (χ4v) is 3.77. The van der Waals surface area contributed by atoms with Crippen molar-refractivity contribution in [1.82, 2.24) is 0 Å². The number of carbonyl (C=O) groups excluding carboxylic acids is 2. The molecule has 1 atom stereocenters. The van der Waals surface area contributed by atoms with Crippen LogP contribution in [0, 0.1) is 10.1 Å². The normalized spacial score (nSPS) is 11.5. The Bertz CT molecular complexity index is 1210. The minimum Gasteiger partial charge on any atom is -0.484 e. The third kappa shape index (κ3) is 6.91. The lowest BCUT2D eigenvalue weighted by Gasteiger charge is -2.16. The van der Waals surface area contributed by atoms with Gasteiger partial charge in [0.25, 0.3) is 0 Å². The zero-order valence-electron chi connectivity index (χ0n) is 20.4. The topological polar surface area (TPSA) is 122 Å². The molecule has 3 aromatic carbocycles. The highest BCUT2D eigenvalue weighted by molar-refractivity contribution is 5.92. The minimum absolute atomic E-state index is 0.144. The summed E-state index contributed by atoms with van der Waals surface area (Å²) in [5, 5.41) is 11.8. The summed E-state index contributed by atoms with van der Waals surface area (Å²) in [5.74, 6) is -0.120. The lowest BCUT2D eigenvalue weighted by Crippen LogP contribution is -2.13. The van der Waals surface area contributed by atoms with Gasteiger partial charge in [-0.3, -0.25) is 14.9 Å². The number of anilines is 1. The number of nitro benzene ring substituents is 1. The Morgan fingerprint density at radius 2 is 1.75 bits per heavy atom. The van der Waals surface area contributed by atoms with E-state index >= 15 is 0 Å². The summed E-state index contributed by atoms with van der Waals surface area (Å²) in [4.78, 5) is 34.5. The summed E-state index contributed by atoms with van der Waals surface area (Å²) in [5.41, 5.74) is 8.26. The Labute approximate surface area is 210 Å².